The Kier molecular flexibility index (Phi) is 5.39. The van der Waals surface area contributed by atoms with Gasteiger partial charge in [-0.2, -0.15) is 0 Å². The molecule has 170 valence electrons. The first-order chi connectivity index (χ1) is 13.9. The second-order valence-corrected chi connectivity index (χ2v) is 11.3. The van der Waals surface area contributed by atoms with E-state index in [1.807, 2.05) is 13.8 Å². The summed E-state index contributed by atoms with van der Waals surface area (Å²) >= 11 is 0. The molecule has 0 radical (unpaired) electrons. The van der Waals surface area contributed by atoms with Crippen LogP contribution >= 0.6 is 0 Å². The third kappa shape index (κ3) is 2.93. The predicted octanol–water partition coefficient (Wildman–Crippen LogP) is 2.47. The van der Waals surface area contributed by atoms with Gasteiger partial charge in [-0.3, -0.25) is 9.59 Å². The molecule has 0 aliphatic heterocycles. The molecule has 0 unspecified atom stereocenters. The van der Waals surface area contributed by atoms with Gasteiger partial charge in [0.25, 0.3) is 0 Å². The summed E-state index contributed by atoms with van der Waals surface area (Å²) in [5.41, 5.74) is -2.34. The van der Waals surface area contributed by atoms with E-state index in [9.17, 15) is 24.9 Å². The molecule has 0 amide bonds. The lowest BCUT2D eigenvalue weighted by molar-refractivity contribution is -0.206. The number of esters is 1. The molecule has 0 heterocycles. The van der Waals surface area contributed by atoms with Crippen molar-refractivity contribution in [1.29, 1.82) is 0 Å². The Morgan fingerprint density at radius 3 is 2.47 bits per heavy atom. The molecular formula is C24H38O6. The predicted molar refractivity (Wildman–Crippen MR) is 110 cm³/mol. The van der Waals surface area contributed by atoms with Crippen LogP contribution in [0.4, 0.5) is 0 Å². The number of ketones is 1. The average molecular weight is 423 g/mol. The largest absolute Gasteiger partial charge is 0.458 e. The molecule has 0 aromatic heterocycles. The van der Waals surface area contributed by atoms with Crippen LogP contribution in [0.15, 0.2) is 0 Å². The van der Waals surface area contributed by atoms with Gasteiger partial charge in [0.1, 0.15) is 5.60 Å². The smallest absolute Gasteiger partial charge is 0.303 e. The van der Waals surface area contributed by atoms with Crippen LogP contribution in [0.2, 0.25) is 0 Å². The number of rotatable bonds is 3. The fraction of sp³-hybridized carbons (Fsp3) is 0.917. The fourth-order valence-electron chi connectivity index (χ4n) is 8.57. The van der Waals surface area contributed by atoms with E-state index in [-0.39, 0.29) is 35.2 Å². The van der Waals surface area contributed by atoms with Crippen molar-refractivity contribution in [3.05, 3.63) is 0 Å². The molecule has 0 bridgehead atoms. The van der Waals surface area contributed by atoms with E-state index < -0.39 is 35.5 Å². The highest BCUT2D eigenvalue weighted by Gasteiger charge is 2.71. The van der Waals surface area contributed by atoms with Gasteiger partial charge in [-0.15, -0.1) is 0 Å². The van der Waals surface area contributed by atoms with Gasteiger partial charge in [-0.1, -0.05) is 20.8 Å². The van der Waals surface area contributed by atoms with Gasteiger partial charge in [0.05, 0.1) is 12.2 Å². The first kappa shape index (κ1) is 22.2. The average Bonchev–Trinajstić information content (AvgIpc) is 2.87. The summed E-state index contributed by atoms with van der Waals surface area (Å²) < 4.78 is 4.95. The minimum absolute atomic E-state index is 0.00537. The van der Waals surface area contributed by atoms with Gasteiger partial charge in [0.2, 0.25) is 5.78 Å². The summed E-state index contributed by atoms with van der Waals surface area (Å²) in [6.07, 6.45) is 4.83. The molecular weight excluding hydrogens is 384 g/mol. The van der Waals surface area contributed by atoms with E-state index in [1.54, 1.807) is 0 Å². The van der Waals surface area contributed by atoms with Gasteiger partial charge in [0.15, 0.2) is 6.61 Å². The molecule has 0 spiro atoms. The fourth-order valence-corrected chi connectivity index (χ4v) is 8.57. The molecule has 4 aliphatic rings. The lowest BCUT2D eigenvalue weighted by atomic mass is 9.43. The van der Waals surface area contributed by atoms with E-state index in [4.69, 9.17) is 4.74 Å². The van der Waals surface area contributed by atoms with Crippen LogP contribution in [0.1, 0.15) is 72.6 Å². The highest BCUT2D eigenvalue weighted by molar-refractivity contribution is 5.91. The van der Waals surface area contributed by atoms with Gasteiger partial charge in [0, 0.05) is 12.3 Å². The number of hydrogen-bond donors (Lipinski definition) is 3. The third-order valence-corrected chi connectivity index (χ3v) is 9.98. The van der Waals surface area contributed by atoms with Crippen molar-refractivity contribution in [3.63, 3.8) is 0 Å². The topological polar surface area (TPSA) is 104 Å². The first-order valence-corrected chi connectivity index (χ1v) is 11.7. The normalized spacial score (nSPS) is 52.7. The summed E-state index contributed by atoms with van der Waals surface area (Å²) in [6, 6.07) is 0. The second kappa shape index (κ2) is 7.28. The standard InChI is InChI=1S/C24H38O6/c1-13-9-18-17-6-5-15-10-16(26)7-8-22(15,3)21(17)19(27)11-23(18,4)24(13,29)20(28)12-30-14(2)25/h13,15-19,21,26-27,29H,5-12H2,1-4H3/t13-,15+,16+,17-,18-,19+,21+,22-,23-,24-/m0/s1. The molecule has 0 aromatic carbocycles. The zero-order valence-electron chi connectivity index (χ0n) is 18.8. The SMILES string of the molecule is CC(=O)OCC(=O)[C@@]1(O)[C@@H](C)C[C@H]2[C@@H]3CC[C@@H]4C[C@H](O)CC[C@]4(C)[C@H]3[C@H](O)C[C@@]21C. The van der Waals surface area contributed by atoms with Crippen molar-refractivity contribution in [2.75, 3.05) is 6.61 Å². The molecule has 4 aliphatic carbocycles. The van der Waals surface area contributed by atoms with Gasteiger partial charge >= 0.3 is 5.97 Å². The maximum atomic E-state index is 13.1. The number of aliphatic hydroxyl groups is 3. The van der Waals surface area contributed by atoms with Crippen molar-refractivity contribution in [2.45, 2.75) is 90.4 Å². The number of Topliss-reactive ketones (excluding diaryl/α,β-unsaturated/α-hetero) is 1. The van der Waals surface area contributed by atoms with Gasteiger partial charge in [-0.05, 0) is 80.0 Å². The van der Waals surface area contributed by atoms with Gasteiger partial charge in [-0.25, -0.2) is 0 Å². The summed E-state index contributed by atoms with van der Waals surface area (Å²) in [5.74, 6) is -0.259. The lowest BCUT2D eigenvalue weighted by Gasteiger charge is -2.62. The van der Waals surface area contributed by atoms with Crippen molar-refractivity contribution in [2.24, 2.45) is 40.4 Å². The molecule has 4 fully saturated rings. The monoisotopic (exact) mass is 422 g/mol. The van der Waals surface area contributed by atoms with Crippen LogP contribution < -0.4 is 0 Å². The number of carbonyl (C=O) groups is 2. The molecule has 4 rings (SSSR count). The summed E-state index contributed by atoms with van der Waals surface area (Å²) in [5, 5.41) is 33.4. The zero-order chi connectivity index (χ0) is 22.1. The maximum absolute atomic E-state index is 13.1. The van der Waals surface area contributed by atoms with E-state index in [0.717, 1.165) is 38.5 Å². The van der Waals surface area contributed by atoms with Crippen LogP contribution in [0.5, 0.6) is 0 Å². The number of hydrogen-bond acceptors (Lipinski definition) is 6. The van der Waals surface area contributed by atoms with Crippen molar-refractivity contribution < 1.29 is 29.6 Å². The van der Waals surface area contributed by atoms with Crippen LogP contribution in [-0.2, 0) is 14.3 Å². The Bertz CT molecular complexity index is 722. The minimum atomic E-state index is -1.60. The number of carbonyl (C=O) groups excluding carboxylic acids is 2. The van der Waals surface area contributed by atoms with E-state index in [2.05, 4.69) is 6.92 Å². The Balaban J connectivity index is 1.66. The van der Waals surface area contributed by atoms with Crippen molar-refractivity contribution in [1.82, 2.24) is 0 Å². The maximum Gasteiger partial charge on any atom is 0.303 e. The van der Waals surface area contributed by atoms with E-state index >= 15 is 0 Å². The van der Waals surface area contributed by atoms with E-state index in [1.165, 1.54) is 6.92 Å². The molecule has 3 N–H and O–H groups in total. The van der Waals surface area contributed by atoms with Crippen LogP contribution in [0, 0.1) is 40.4 Å². The molecule has 30 heavy (non-hydrogen) atoms. The molecule has 6 nitrogen and oxygen atoms in total. The minimum Gasteiger partial charge on any atom is -0.458 e. The summed E-state index contributed by atoms with van der Waals surface area (Å²) in [6.45, 7) is 7.02. The van der Waals surface area contributed by atoms with Crippen LogP contribution in [0.25, 0.3) is 0 Å². The summed E-state index contributed by atoms with van der Waals surface area (Å²) in [4.78, 5) is 24.3. The summed E-state index contributed by atoms with van der Waals surface area (Å²) in [7, 11) is 0. The first-order valence-electron chi connectivity index (χ1n) is 11.7. The molecule has 0 aromatic rings. The quantitative estimate of drug-likeness (QED) is 0.604. The Morgan fingerprint density at radius 1 is 1.10 bits per heavy atom. The highest BCUT2D eigenvalue weighted by Crippen LogP contribution is 2.69. The Morgan fingerprint density at radius 2 is 1.80 bits per heavy atom. The van der Waals surface area contributed by atoms with Crippen LogP contribution in [-0.4, -0.2) is 51.5 Å². The number of fused-ring (bicyclic) bond motifs is 5. The van der Waals surface area contributed by atoms with E-state index in [0.29, 0.717) is 12.3 Å². The third-order valence-electron chi connectivity index (χ3n) is 9.98. The second-order valence-electron chi connectivity index (χ2n) is 11.3. The van der Waals surface area contributed by atoms with Gasteiger partial charge < -0.3 is 20.1 Å². The molecule has 4 saturated carbocycles. The lowest BCUT2D eigenvalue weighted by Crippen LogP contribution is -2.64. The Hall–Kier alpha value is -0.980. The van der Waals surface area contributed by atoms with Crippen molar-refractivity contribution in [3.8, 4) is 0 Å². The molecule has 10 atom stereocenters. The van der Waals surface area contributed by atoms with Crippen LogP contribution in [0.3, 0.4) is 0 Å². The highest BCUT2D eigenvalue weighted by atomic mass is 16.5. The zero-order valence-corrected chi connectivity index (χ0v) is 18.8. The number of ether oxygens (including phenoxy) is 1. The molecule has 6 heteroatoms. The number of aliphatic hydroxyl groups excluding tert-OH is 2. The molecule has 0 saturated heterocycles. The van der Waals surface area contributed by atoms with Crippen molar-refractivity contribution >= 4 is 11.8 Å². The Labute approximate surface area is 179 Å².